The van der Waals surface area contributed by atoms with E-state index in [1.54, 1.807) is 6.20 Å². The molecule has 5 heteroatoms. The van der Waals surface area contributed by atoms with Crippen molar-refractivity contribution in [2.45, 2.75) is 18.9 Å². The maximum atomic E-state index is 13.8. The number of hydrogen-bond acceptors (Lipinski definition) is 2. The van der Waals surface area contributed by atoms with Crippen LogP contribution in [0.3, 0.4) is 0 Å². The van der Waals surface area contributed by atoms with Crippen LogP contribution in [0.4, 0.5) is 14.5 Å². The number of hydrogen-bond donors (Lipinski definition) is 1. The zero-order valence-corrected chi connectivity index (χ0v) is 11.5. The Morgan fingerprint density at radius 1 is 1.26 bits per heavy atom. The Morgan fingerprint density at radius 2 is 2.11 bits per heavy atom. The number of nitrogens with one attached hydrogen (secondary N) is 1. The maximum absolute atomic E-state index is 13.8. The van der Waals surface area contributed by atoms with Crippen LogP contribution in [0.5, 0.6) is 0 Å². The summed E-state index contributed by atoms with van der Waals surface area (Å²) < 4.78 is 27.4. The minimum atomic E-state index is -0.483. The molecule has 1 N–H and O–H groups in total. The fraction of sp³-hybridized carbons (Fsp3) is 0.214. The first-order chi connectivity index (χ1) is 9.15. The average molecular weight is 325 g/mol. The second-order valence-corrected chi connectivity index (χ2v) is 5.38. The van der Waals surface area contributed by atoms with Gasteiger partial charge in [-0.1, -0.05) is 6.07 Å². The highest BCUT2D eigenvalue weighted by Crippen LogP contribution is 2.33. The molecule has 1 atom stereocenters. The molecular weight excluding hydrogens is 314 g/mol. The number of anilines is 1. The molecule has 2 aromatic rings. The molecule has 3 rings (SSSR count). The van der Waals surface area contributed by atoms with Crippen molar-refractivity contribution < 1.29 is 8.78 Å². The molecule has 0 bridgehead atoms. The summed E-state index contributed by atoms with van der Waals surface area (Å²) in [7, 11) is 0. The van der Waals surface area contributed by atoms with E-state index in [4.69, 9.17) is 0 Å². The van der Waals surface area contributed by atoms with Gasteiger partial charge in [0, 0.05) is 12.3 Å². The molecule has 1 aliphatic rings. The van der Waals surface area contributed by atoms with E-state index in [1.807, 2.05) is 12.1 Å². The van der Waals surface area contributed by atoms with Gasteiger partial charge in [-0.05, 0) is 46.5 Å². The van der Waals surface area contributed by atoms with Crippen molar-refractivity contribution in [3.8, 4) is 0 Å². The molecule has 0 spiro atoms. The lowest BCUT2D eigenvalue weighted by atomic mass is 10.2. The van der Waals surface area contributed by atoms with Crippen molar-refractivity contribution in [1.29, 1.82) is 0 Å². The molecule has 0 radical (unpaired) electrons. The second-order valence-electron chi connectivity index (χ2n) is 4.53. The summed E-state index contributed by atoms with van der Waals surface area (Å²) in [6.07, 6.45) is 3.46. The van der Waals surface area contributed by atoms with E-state index in [2.05, 4.69) is 26.2 Å². The molecule has 1 unspecified atom stereocenters. The smallest absolute Gasteiger partial charge is 0.147 e. The first kappa shape index (κ1) is 12.5. The molecule has 0 amide bonds. The Hall–Kier alpha value is -1.49. The standard InChI is InChI=1S/C14H11BrF2N2/c15-9-6-11(17)13(7-10(9)16)19-12-4-3-8-2-1-5-18-14(8)12/h1-2,5-7,12,19H,3-4H2. The number of aryl methyl sites for hydroxylation is 1. The van der Waals surface area contributed by atoms with Gasteiger partial charge in [-0.3, -0.25) is 4.98 Å². The van der Waals surface area contributed by atoms with Crippen LogP contribution in [-0.2, 0) is 6.42 Å². The predicted molar refractivity (Wildman–Crippen MR) is 73.0 cm³/mol. The number of pyridine rings is 1. The molecule has 0 saturated heterocycles. The number of halogens is 3. The van der Waals surface area contributed by atoms with E-state index in [0.717, 1.165) is 30.2 Å². The van der Waals surface area contributed by atoms with Gasteiger partial charge < -0.3 is 5.32 Å². The Balaban J connectivity index is 1.89. The highest BCUT2D eigenvalue weighted by molar-refractivity contribution is 9.10. The monoisotopic (exact) mass is 324 g/mol. The van der Waals surface area contributed by atoms with Gasteiger partial charge in [0.15, 0.2) is 0 Å². The lowest BCUT2D eigenvalue weighted by Gasteiger charge is -2.15. The lowest BCUT2D eigenvalue weighted by molar-refractivity contribution is 0.593. The fourth-order valence-corrected chi connectivity index (χ4v) is 2.69. The number of aromatic nitrogens is 1. The van der Waals surface area contributed by atoms with E-state index in [0.29, 0.717) is 0 Å². The first-order valence-corrected chi connectivity index (χ1v) is 6.79. The van der Waals surface area contributed by atoms with Gasteiger partial charge >= 0.3 is 0 Å². The maximum Gasteiger partial charge on any atom is 0.147 e. The highest BCUT2D eigenvalue weighted by Gasteiger charge is 2.24. The Labute approximate surface area is 118 Å². The SMILES string of the molecule is Fc1cc(NC2CCc3cccnc32)c(F)cc1Br. The first-order valence-electron chi connectivity index (χ1n) is 6.00. The lowest BCUT2D eigenvalue weighted by Crippen LogP contribution is -2.10. The summed E-state index contributed by atoms with van der Waals surface area (Å²) in [5.41, 5.74) is 2.26. The predicted octanol–water partition coefficient (Wildman–Crippen LogP) is 4.22. The van der Waals surface area contributed by atoms with Crippen molar-refractivity contribution in [3.63, 3.8) is 0 Å². The van der Waals surface area contributed by atoms with Crippen molar-refractivity contribution >= 4 is 21.6 Å². The highest BCUT2D eigenvalue weighted by atomic mass is 79.9. The molecule has 1 aliphatic carbocycles. The van der Waals surface area contributed by atoms with E-state index < -0.39 is 11.6 Å². The molecule has 0 aliphatic heterocycles. The van der Waals surface area contributed by atoms with E-state index in [1.165, 1.54) is 6.07 Å². The summed E-state index contributed by atoms with van der Waals surface area (Å²) in [5, 5.41) is 3.04. The minimum absolute atomic E-state index is 0.0636. The molecule has 0 saturated carbocycles. The second kappa shape index (κ2) is 4.89. The number of fused-ring (bicyclic) bond motifs is 1. The largest absolute Gasteiger partial charge is 0.374 e. The van der Waals surface area contributed by atoms with Crippen LogP contribution in [0.1, 0.15) is 23.7 Å². The van der Waals surface area contributed by atoms with E-state index >= 15 is 0 Å². The van der Waals surface area contributed by atoms with Crippen molar-refractivity contribution in [3.05, 3.63) is 57.8 Å². The van der Waals surface area contributed by atoms with Gasteiger partial charge in [0.05, 0.1) is 21.9 Å². The van der Waals surface area contributed by atoms with E-state index in [-0.39, 0.29) is 16.2 Å². The Bertz CT molecular complexity index is 631. The summed E-state index contributed by atoms with van der Waals surface area (Å²) in [5.74, 6) is -0.958. The summed E-state index contributed by atoms with van der Waals surface area (Å²) in [4.78, 5) is 4.32. The van der Waals surface area contributed by atoms with Crippen LogP contribution in [0, 0.1) is 11.6 Å². The van der Waals surface area contributed by atoms with Gasteiger partial charge in [0.2, 0.25) is 0 Å². The van der Waals surface area contributed by atoms with Crippen molar-refractivity contribution in [2.24, 2.45) is 0 Å². The van der Waals surface area contributed by atoms with Gasteiger partial charge in [-0.2, -0.15) is 0 Å². The summed E-state index contributed by atoms with van der Waals surface area (Å²) in [6, 6.07) is 6.14. The van der Waals surface area contributed by atoms with Crippen LogP contribution in [0.2, 0.25) is 0 Å². The van der Waals surface area contributed by atoms with Crippen LogP contribution in [0.25, 0.3) is 0 Å². The number of benzene rings is 1. The van der Waals surface area contributed by atoms with Crippen molar-refractivity contribution in [2.75, 3.05) is 5.32 Å². The molecule has 1 aromatic heterocycles. The fourth-order valence-electron chi connectivity index (χ4n) is 2.37. The number of rotatable bonds is 2. The van der Waals surface area contributed by atoms with Crippen LogP contribution in [0.15, 0.2) is 34.9 Å². The average Bonchev–Trinajstić information content (AvgIpc) is 2.80. The third-order valence-corrected chi connectivity index (χ3v) is 3.91. The molecule has 19 heavy (non-hydrogen) atoms. The van der Waals surface area contributed by atoms with Crippen LogP contribution in [-0.4, -0.2) is 4.98 Å². The third-order valence-electron chi connectivity index (χ3n) is 3.30. The van der Waals surface area contributed by atoms with E-state index in [9.17, 15) is 8.78 Å². The van der Waals surface area contributed by atoms with Gasteiger partial charge in [0.25, 0.3) is 0 Å². The normalized spacial score (nSPS) is 17.3. The summed E-state index contributed by atoms with van der Waals surface area (Å²) >= 11 is 2.96. The van der Waals surface area contributed by atoms with Gasteiger partial charge in [0.1, 0.15) is 11.6 Å². The molecule has 1 aromatic carbocycles. The molecule has 1 heterocycles. The van der Waals surface area contributed by atoms with Crippen molar-refractivity contribution in [1.82, 2.24) is 4.98 Å². The number of nitrogens with zero attached hydrogens (tertiary/aromatic N) is 1. The quantitative estimate of drug-likeness (QED) is 0.836. The zero-order valence-electron chi connectivity index (χ0n) is 9.96. The molecular formula is C14H11BrF2N2. The molecule has 98 valence electrons. The van der Waals surface area contributed by atoms with Gasteiger partial charge in [-0.15, -0.1) is 0 Å². The Kier molecular flexibility index (Phi) is 3.22. The zero-order chi connectivity index (χ0) is 13.4. The minimum Gasteiger partial charge on any atom is -0.374 e. The summed E-state index contributed by atoms with van der Waals surface area (Å²) in [6.45, 7) is 0. The molecule has 0 fully saturated rings. The Morgan fingerprint density at radius 3 is 2.95 bits per heavy atom. The van der Waals surface area contributed by atoms with Crippen LogP contribution < -0.4 is 5.32 Å². The molecule has 2 nitrogen and oxygen atoms in total. The topological polar surface area (TPSA) is 24.9 Å². The third kappa shape index (κ3) is 2.34. The van der Waals surface area contributed by atoms with Gasteiger partial charge in [-0.25, -0.2) is 8.78 Å². The van der Waals surface area contributed by atoms with Crippen LogP contribution >= 0.6 is 15.9 Å².